The number of halogens is 5. The minimum Gasteiger partial charge on any atom is -0.461 e. The van der Waals surface area contributed by atoms with Gasteiger partial charge in [-0.15, -0.1) is 0 Å². The molecule has 2 aromatic heterocycles. The molecule has 6 heterocycles. The molecule has 4 aliphatic rings. The molecule has 0 aliphatic carbocycles. The van der Waals surface area contributed by atoms with Crippen molar-refractivity contribution in [3.8, 4) is 23.2 Å². The van der Waals surface area contributed by atoms with E-state index in [1.165, 1.54) is 13.0 Å². The number of fused-ring (bicyclic) bond motifs is 5. The van der Waals surface area contributed by atoms with Crippen LogP contribution in [-0.4, -0.2) is 81.6 Å². The number of benzene rings is 2. The van der Waals surface area contributed by atoms with Gasteiger partial charge in [0.2, 0.25) is 0 Å². The number of piperazine rings is 1. The number of H-pyrrole nitrogens is 1. The SMILES string of the molecule is Cc1cc2[nH]nc(C#N)c2c(-c2c(F)cc3c(N4CC5CCC(C4)N5)nc(OC[C@@]45CCCN4C[C@H](F)C5)nc3c2F)c1C(F)F. The molecule has 46 heavy (non-hydrogen) atoms. The van der Waals surface area contributed by atoms with E-state index in [0.29, 0.717) is 26.1 Å². The van der Waals surface area contributed by atoms with E-state index in [1.54, 1.807) is 0 Å². The number of alkyl halides is 3. The fourth-order valence-electron chi connectivity index (χ4n) is 8.27. The Kier molecular flexibility index (Phi) is 6.84. The van der Waals surface area contributed by atoms with Crippen molar-refractivity contribution in [3.05, 3.63) is 40.6 Å². The Hall–Kier alpha value is -4.09. The number of hydrogen-bond acceptors (Lipinski definition) is 8. The summed E-state index contributed by atoms with van der Waals surface area (Å²) in [6, 6.07) is 4.49. The normalized spacial score (nSPS) is 26.0. The van der Waals surface area contributed by atoms with Crippen LogP contribution in [0.4, 0.5) is 27.8 Å². The monoisotopic (exact) mass is 638 g/mol. The van der Waals surface area contributed by atoms with Crippen molar-refractivity contribution in [3.63, 3.8) is 0 Å². The average molecular weight is 639 g/mol. The number of hydrogen-bond donors (Lipinski definition) is 2. The highest BCUT2D eigenvalue weighted by Gasteiger charge is 2.49. The largest absolute Gasteiger partial charge is 0.461 e. The smallest absolute Gasteiger partial charge is 0.319 e. The van der Waals surface area contributed by atoms with Crippen LogP contribution in [0, 0.1) is 29.9 Å². The number of aryl methyl sites for hydroxylation is 1. The van der Waals surface area contributed by atoms with E-state index in [4.69, 9.17) is 4.74 Å². The minimum absolute atomic E-state index is 0.0768. The van der Waals surface area contributed by atoms with Crippen LogP contribution in [-0.2, 0) is 0 Å². The third-order valence-electron chi connectivity index (χ3n) is 10.3. The molecule has 8 rings (SSSR count). The Labute approximate surface area is 260 Å². The maximum atomic E-state index is 16.9. The van der Waals surface area contributed by atoms with Crippen molar-refractivity contribution in [1.82, 2.24) is 30.4 Å². The van der Waals surface area contributed by atoms with Gasteiger partial charge in [-0.3, -0.25) is 10.00 Å². The maximum Gasteiger partial charge on any atom is 0.319 e. The van der Waals surface area contributed by atoms with Crippen LogP contribution in [0.15, 0.2) is 12.1 Å². The third kappa shape index (κ3) is 4.50. The van der Waals surface area contributed by atoms with E-state index in [0.717, 1.165) is 38.3 Å². The van der Waals surface area contributed by atoms with Gasteiger partial charge >= 0.3 is 6.01 Å². The maximum absolute atomic E-state index is 16.9. The van der Waals surface area contributed by atoms with Gasteiger partial charge < -0.3 is 15.0 Å². The van der Waals surface area contributed by atoms with Crippen LogP contribution < -0.4 is 15.0 Å². The summed E-state index contributed by atoms with van der Waals surface area (Å²) in [5, 5.41) is 19.7. The summed E-state index contributed by atoms with van der Waals surface area (Å²) in [6.07, 6.45) is -0.229. The summed E-state index contributed by atoms with van der Waals surface area (Å²) in [7, 11) is 0. The zero-order valence-electron chi connectivity index (χ0n) is 25.0. The second-order valence-electron chi connectivity index (χ2n) is 13.1. The van der Waals surface area contributed by atoms with E-state index in [-0.39, 0.29) is 63.6 Å². The number of anilines is 1. The molecule has 4 fully saturated rings. The lowest BCUT2D eigenvalue weighted by molar-refractivity contribution is 0.107. The summed E-state index contributed by atoms with van der Waals surface area (Å²) >= 11 is 0. The highest BCUT2D eigenvalue weighted by atomic mass is 19.3. The molecule has 2 bridgehead atoms. The molecule has 2 unspecified atom stereocenters. The topological polar surface area (TPSA) is 106 Å². The second kappa shape index (κ2) is 10.7. The zero-order valence-corrected chi connectivity index (χ0v) is 25.0. The number of nitrogens with zero attached hydrogens (tertiary/aromatic N) is 6. The van der Waals surface area contributed by atoms with Gasteiger partial charge in [-0.05, 0) is 56.8 Å². The van der Waals surface area contributed by atoms with E-state index >= 15 is 8.78 Å². The number of ether oxygens (including phenoxy) is 1. The number of aromatic amines is 1. The molecule has 9 nitrogen and oxygen atoms in total. The zero-order chi connectivity index (χ0) is 31.9. The molecule has 4 aromatic rings. The number of aromatic nitrogens is 4. The Balaban J connectivity index is 1.32. The van der Waals surface area contributed by atoms with E-state index in [9.17, 15) is 18.4 Å². The lowest BCUT2D eigenvalue weighted by atomic mass is 9.90. The van der Waals surface area contributed by atoms with Crippen LogP contribution in [0.5, 0.6) is 6.01 Å². The predicted octanol–water partition coefficient (Wildman–Crippen LogP) is 5.46. The standard InChI is InChI=1S/C32H31F5N8O/c1-15-7-21-25(22(10-38)43-42-21)26(23(15)29(36)37)24-20(34)8-19-28(27(24)35)40-31(41-30(19)44-12-17-3-4-18(13-44)39-17)46-14-32-5-2-6-45(32)11-16(33)9-32/h7-8,16-18,29,39H,2-6,9,11-14H2,1H3,(H,42,43)/t16-,17?,18?,32+/m1/s1. The Bertz CT molecular complexity index is 1910. The quantitative estimate of drug-likeness (QED) is 0.268. The van der Waals surface area contributed by atoms with Crippen LogP contribution in [0.3, 0.4) is 0 Å². The van der Waals surface area contributed by atoms with E-state index in [2.05, 4.69) is 30.4 Å². The van der Waals surface area contributed by atoms with E-state index < -0.39 is 46.5 Å². The summed E-state index contributed by atoms with van der Waals surface area (Å²) < 4.78 is 83.0. The van der Waals surface area contributed by atoms with Crippen molar-refractivity contribution in [2.45, 2.75) is 69.2 Å². The molecule has 14 heteroatoms. The van der Waals surface area contributed by atoms with Gasteiger partial charge in [0.25, 0.3) is 6.43 Å². The molecular weight excluding hydrogens is 607 g/mol. The van der Waals surface area contributed by atoms with Crippen LogP contribution >= 0.6 is 0 Å². The highest BCUT2D eigenvalue weighted by molar-refractivity contribution is 6.03. The van der Waals surface area contributed by atoms with Crippen molar-refractivity contribution in [2.24, 2.45) is 0 Å². The molecular formula is C32H31F5N8O. The summed E-state index contributed by atoms with van der Waals surface area (Å²) in [6.45, 7) is 3.67. The molecule has 4 atom stereocenters. The first kappa shape index (κ1) is 29.3. The number of nitriles is 1. The lowest BCUT2D eigenvalue weighted by Crippen LogP contribution is -2.51. The predicted molar refractivity (Wildman–Crippen MR) is 160 cm³/mol. The van der Waals surface area contributed by atoms with Crippen molar-refractivity contribution < 1.29 is 26.7 Å². The van der Waals surface area contributed by atoms with Gasteiger partial charge in [-0.2, -0.15) is 20.3 Å². The Morgan fingerprint density at radius 3 is 2.65 bits per heavy atom. The second-order valence-corrected chi connectivity index (χ2v) is 13.1. The molecule has 240 valence electrons. The van der Waals surface area contributed by atoms with Crippen molar-refractivity contribution in [2.75, 3.05) is 37.7 Å². The molecule has 2 N–H and O–H groups in total. The summed E-state index contributed by atoms with van der Waals surface area (Å²) in [4.78, 5) is 13.1. The first-order valence-electron chi connectivity index (χ1n) is 15.6. The number of nitrogens with one attached hydrogen (secondary N) is 2. The van der Waals surface area contributed by atoms with Gasteiger partial charge in [-0.1, -0.05) is 0 Å². The van der Waals surface area contributed by atoms with Crippen LogP contribution in [0.25, 0.3) is 32.9 Å². The van der Waals surface area contributed by atoms with Gasteiger partial charge in [0.05, 0.1) is 16.6 Å². The molecule has 2 aromatic carbocycles. The third-order valence-corrected chi connectivity index (χ3v) is 10.3. The summed E-state index contributed by atoms with van der Waals surface area (Å²) in [5.74, 6) is -1.99. The first-order chi connectivity index (χ1) is 22.2. The average Bonchev–Trinajstić information content (AvgIpc) is 3.77. The van der Waals surface area contributed by atoms with E-state index in [1.807, 2.05) is 11.0 Å². The molecule has 0 radical (unpaired) electrons. The Morgan fingerprint density at radius 2 is 1.91 bits per heavy atom. The first-order valence-corrected chi connectivity index (χ1v) is 15.6. The molecule has 0 spiro atoms. The molecule has 0 amide bonds. The highest BCUT2D eigenvalue weighted by Crippen LogP contribution is 2.45. The van der Waals surface area contributed by atoms with Crippen molar-refractivity contribution in [1.29, 1.82) is 5.26 Å². The number of rotatable bonds is 6. The minimum atomic E-state index is -3.11. The summed E-state index contributed by atoms with van der Waals surface area (Å²) in [5.41, 5.74) is -2.60. The molecule has 0 saturated carbocycles. The van der Waals surface area contributed by atoms with Gasteiger partial charge in [0.1, 0.15) is 36.0 Å². The van der Waals surface area contributed by atoms with Gasteiger partial charge in [0, 0.05) is 60.0 Å². The van der Waals surface area contributed by atoms with Gasteiger partial charge in [0.15, 0.2) is 11.5 Å². The Morgan fingerprint density at radius 1 is 1.13 bits per heavy atom. The van der Waals surface area contributed by atoms with Crippen molar-refractivity contribution >= 4 is 27.6 Å². The fraction of sp³-hybridized carbons (Fsp3) is 0.500. The lowest BCUT2D eigenvalue weighted by Gasteiger charge is -2.34. The fourth-order valence-corrected chi connectivity index (χ4v) is 8.27. The van der Waals surface area contributed by atoms with Gasteiger partial charge in [-0.25, -0.2) is 22.0 Å². The van der Waals surface area contributed by atoms with Crippen LogP contribution in [0.1, 0.15) is 55.4 Å². The van der Waals surface area contributed by atoms with Crippen LogP contribution in [0.2, 0.25) is 0 Å². The molecule has 4 aliphatic heterocycles. The molecule has 4 saturated heterocycles.